The van der Waals surface area contributed by atoms with E-state index in [-0.39, 0.29) is 11.9 Å². The predicted octanol–water partition coefficient (Wildman–Crippen LogP) is 6.31. The van der Waals surface area contributed by atoms with Gasteiger partial charge in [0.05, 0.1) is 11.1 Å². The second kappa shape index (κ2) is 8.68. The quantitative estimate of drug-likeness (QED) is 0.494. The number of halogens is 2. The van der Waals surface area contributed by atoms with Gasteiger partial charge in [-0.2, -0.15) is 0 Å². The van der Waals surface area contributed by atoms with Crippen LogP contribution in [0.1, 0.15) is 47.0 Å². The Morgan fingerprint density at radius 2 is 2.03 bits per heavy atom. The lowest BCUT2D eigenvalue weighted by Crippen LogP contribution is -2.41. The number of rotatable bonds is 5. The van der Waals surface area contributed by atoms with Crippen molar-refractivity contribution in [1.82, 2.24) is 10.2 Å². The van der Waals surface area contributed by atoms with Gasteiger partial charge in [-0.05, 0) is 63.0 Å². The summed E-state index contributed by atoms with van der Waals surface area (Å²) in [5.41, 5.74) is 0. The minimum Gasteiger partial charge on any atom is -0.465 e. The van der Waals surface area contributed by atoms with Gasteiger partial charge in [-0.25, -0.2) is 0 Å². The molecule has 4 rings (SSSR count). The molecule has 0 aliphatic carbocycles. The standard InChI is InChI=1S/C22H24Cl2N2O2S/c1-13-7-9-26(10-8-13)17(18-6-3-14(2)28-18)12-25-22(27)21-20(24)16-5-4-15(23)11-19(16)29-21/h3-6,11,13,17H,7-10,12H2,1-2H3,(H,25,27). The number of furan rings is 1. The van der Waals surface area contributed by atoms with Crippen LogP contribution in [-0.2, 0) is 0 Å². The highest BCUT2D eigenvalue weighted by molar-refractivity contribution is 7.21. The zero-order valence-corrected chi connectivity index (χ0v) is 18.8. The maximum absolute atomic E-state index is 12.9. The minimum atomic E-state index is -0.161. The molecular weight excluding hydrogens is 427 g/mol. The molecule has 1 unspecified atom stereocenters. The van der Waals surface area contributed by atoms with Crippen molar-refractivity contribution in [2.75, 3.05) is 19.6 Å². The number of nitrogens with one attached hydrogen (secondary N) is 1. The Balaban J connectivity index is 1.52. The molecule has 1 N–H and O–H groups in total. The van der Waals surface area contributed by atoms with Gasteiger partial charge in [0.1, 0.15) is 16.4 Å². The summed E-state index contributed by atoms with van der Waals surface area (Å²) in [5.74, 6) is 2.35. The molecular formula is C22H24Cl2N2O2S. The number of piperidine rings is 1. The largest absolute Gasteiger partial charge is 0.465 e. The summed E-state index contributed by atoms with van der Waals surface area (Å²) in [6.45, 7) is 6.72. The maximum Gasteiger partial charge on any atom is 0.263 e. The molecule has 1 atom stereocenters. The second-order valence-corrected chi connectivity index (χ2v) is 9.64. The van der Waals surface area contributed by atoms with Crippen molar-refractivity contribution in [3.05, 3.63) is 56.8 Å². The van der Waals surface area contributed by atoms with E-state index in [1.54, 1.807) is 6.07 Å². The predicted molar refractivity (Wildman–Crippen MR) is 120 cm³/mol. The molecule has 3 aromatic rings. The van der Waals surface area contributed by atoms with E-state index >= 15 is 0 Å². The molecule has 7 heteroatoms. The molecule has 0 spiro atoms. The van der Waals surface area contributed by atoms with Crippen LogP contribution < -0.4 is 5.32 Å². The zero-order chi connectivity index (χ0) is 20.5. The number of fused-ring (bicyclic) bond motifs is 1. The van der Waals surface area contributed by atoms with Gasteiger partial charge in [0.15, 0.2) is 0 Å². The summed E-state index contributed by atoms with van der Waals surface area (Å²) in [6, 6.07) is 9.49. The van der Waals surface area contributed by atoms with E-state index < -0.39 is 0 Å². The molecule has 3 heterocycles. The van der Waals surface area contributed by atoms with Crippen molar-refractivity contribution in [3.63, 3.8) is 0 Å². The Labute approximate surface area is 184 Å². The van der Waals surface area contributed by atoms with Crippen molar-refractivity contribution in [3.8, 4) is 0 Å². The fourth-order valence-electron chi connectivity index (χ4n) is 3.84. The molecule has 0 radical (unpaired) electrons. The monoisotopic (exact) mass is 450 g/mol. The van der Waals surface area contributed by atoms with Crippen molar-refractivity contribution < 1.29 is 9.21 Å². The van der Waals surface area contributed by atoms with Crippen LogP contribution in [0.15, 0.2) is 34.7 Å². The highest BCUT2D eigenvalue weighted by atomic mass is 35.5. The van der Waals surface area contributed by atoms with Gasteiger partial charge < -0.3 is 9.73 Å². The van der Waals surface area contributed by atoms with E-state index in [1.165, 1.54) is 11.3 Å². The third-order valence-electron chi connectivity index (χ3n) is 5.60. The number of benzene rings is 1. The molecule has 0 bridgehead atoms. The van der Waals surface area contributed by atoms with Crippen molar-refractivity contribution in [2.24, 2.45) is 5.92 Å². The average Bonchev–Trinajstić information content (AvgIpc) is 3.26. The molecule has 29 heavy (non-hydrogen) atoms. The molecule has 1 aliphatic heterocycles. The lowest BCUT2D eigenvalue weighted by molar-refractivity contribution is 0.0898. The van der Waals surface area contributed by atoms with Crippen molar-refractivity contribution >= 4 is 50.5 Å². The Hall–Kier alpha value is -1.53. The Kier molecular flexibility index (Phi) is 6.21. The summed E-state index contributed by atoms with van der Waals surface area (Å²) >= 11 is 13.9. The molecule has 0 saturated carbocycles. The third kappa shape index (κ3) is 4.48. The number of carbonyl (C=O) groups excluding carboxylic acids is 1. The second-order valence-electron chi connectivity index (χ2n) is 7.78. The van der Waals surface area contributed by atoms with E-state index in [1.807, 2.05) is 31.2 Å². The molecule has 1 aliphatic rings. The summed E-state index contributed by atoms with van der Waals surface area (Å²) in [7, 11) is 0. The van der Waals surface area contributed by atoms with E-state index in [4.69, 9.17) is 27.6 Å². The van der Waals surface area contributed by atoms with Gasteiger partial charge in [-0.15, -0.1) is 11.3 Å². The van der Waals surface area contributed by atoms with Crippen LogP contribution in [0.25, 0.3) is 10.1 Å². The van der Waals surface area contributed by atoms with Crippen molar-refractivity contribution in [1.29, 1.82) is 0 Å². The number of thiophene rings is 1. The number of nitrogens with zero attached hydrogens (tertiary/aromatic N) is 1. The smallest absolute Gasteiger partial charge is 0.263 e. The van der Waals surface area contributed by atoms with Crippen LogP contribution in [0.5, 0.6) is 0 Å². The van der Waals surface area contributed by atoms with E-state index in [9.17, 15) is 4.79 Å². The molecule has 4 nitrogen and oxygen atoms in total. The third-order valence-corrected chi connectivity index (χ3v) is 7.49. The zero-order valence-electron chi connectivity index (χ0n) is 16.5. The van der Waals surface area contributed by atoms with Crippen LogP contribution in [-0.4, -0.2) is 30.4 Å². The molecule has 1 aromatic carbocycles. The highest BCUT2D eigenvalue weighted by Crippen LogP contribution is 2.37. The Morgan fingerprint density at radius 3 is 2.72 bits per heavy atom. The van der Waals surface area contributed by atoms with Crippen molar-refractivity contribution in [2.45, 2.75) is 32.7 Å². The lowest BCUT2D eigenvalue weighted by atomic mass is 9.97. The fourth-order valence-corrected chi connectivity index (χ4v) is 5.55. The van der Waals surface area contributed by atoms with E-state index in [0.717, 1.165) is 53.5 Å². The van der Waals surface area contributed by atoms with Gasteiger partial charge in [0.25, 0.3) is 5.91 Å². The van der Waals surface area contributed by atoms with Crippen LogP contribution in [0.3, 0.4) is 0 Å². The summed E-state index contributed by atoms with van der Waals surface area (Å²) in [6.07, 6.45) is 2.32. The van der Waals surface area contributed by atoms with Gasteiger partial charge in [0, 0.05) is 21.7 Å². The van der Waals surface area contributed by atoms with Gasteiger partial charge in [-0.1, -0.05) is 36.2 Å². The number of hydrogen-bond donors (Lipinski definition) is 1. The fraction of sp³-hybridized carbons (Fsp3) is 0.409. The molecule has 1 amide bonds. The summed E-state index contributed by atoms with van der Waals surface area (Å²) in [4.78, 5) is 15.9. The summed E-state index contributed by atoms with van der Waals surface area (Å²) in [5, 5.41) is 5.06. The normalized spacial score (nSPS) is 17.0. The Morgan fingerprint density at radius 1 is 1.28 bits per heavy atom. The molecule has 1 fully saturated rings. The average molecular weight is 451 g/mol. The first-order valence-electron chi connectivity index (χ1n) is 9.88. The Bertz CT molecular complexity index is 1020. The number of amides is 1. The topological polar surface area (TPSA) is 45.5 Å². The van der Waals surface area contributed by atoms with E-state index in [2.05, 4.69) is 17.1 Å². The minimum absolute atomic E-state index is 0.0164. The first-order valence-corrected chi connectivity index (χ1v) is 11.5. The van der Waals surface area contributed by atoms with Gasteiger partial charge in [-0.3, -0.25) is 9.69 Å². The van der Waals surface area contributed by atoms with Crippen LogP contribution in [0.2, 0.25) is 10.0 Å². The highest BCUT2D eigenvalue weighted by Gasteiger charge is 2.28. The molecule has 1 saturated heterocycles. The summed E-state index contributed by atoms with van der Waals surface area (Å²) < 4.78 is 6.83. The number of aryl methyl sites for hydroxylation is 1. The SMILES string of the molecule is Cc1ccc(C(CNC(=O)c2sc3cc(Cl)ccc3c2Cl)N2CCC(C)CC2)o1. The van der Waals surface area contributed by atoms with Crippen LogP contribution in [0.4, 0.5) is 0 Å². The first-order chi connectivity index (χ1) is 13.9. The van der Waals surface area contributed by atoms with Crippen LogP contribution in [0, 0.1) is 12.8 Å². The first kappa shape index (κ1) is 20.7. The van der Waals surface area contributed by atoms with E-state index in [0.29, 0.717) is 21.5 Å². The van der Waals surface area contributed by atoms with Crippen LogP contribution >= 0.6 is 34.5 Å². The molecule has 2 aromatic heterocycles. The number of likely N-dealkylation sites (tertiary alicyclic amines) is 1. The number of hydrogen-bond acceptors (Lipinski definition) is 4. The molecule has 154 valence electrons. The maximum atomic E-state index is 12.9. The van der Waals surface area contributed by atoms with Gasteiger partial charge in [0.2, 0.25) is 0 Å². The lowest BCUT2D eigenvalue weighted by Gasteiger charge is -2.35. The number of carbonyl (C=O) groups is 1. The van der Waals surface area contributed by atoms with Gasteiger partial charge >= 0.3 is 0 Å².